The Hall–Kier alpha value is -2.26. The van der Waals surface area contributed by atoms with Crippen LogP contribution in [0.15, 0.2) is 29.2 Å². The average Bonchev–Trinajstić information content (AvgIpc) is 2.73. The first-order valence-electron chi connectivity index (χ1n) is 6.27. The van der Waals surface area contributed by atoms with Gasteiger partial charge in [-0.2, -0.15) is 0 Å². The smallest absolute Gasteiger partial charge is 0.327 e. The van der Waals surface area contributed by atoms with E-state index in [-0.39, 0.29) is 9.23 Å². The fraction of sp³-hybridized carbons (Fsp3) is 0.143. The normalized spacial score (nSPS) is 17.6. The van der Waals surface area contributed by atoms with Crippen molar-refractivity contribution in [3.63, 3.8) is 0 Å². The largest absolute Gasteiger partial charge is 0.481 e. The first-order chi connectivity index (χ1) is 10.8. The summed E-state index contributed by atoms with van der Waals surface area (Å²) in [5, 5.41) is 17.9. The van der Waals surface area contributed by atoms with E-state index in [9.17, 15) is 18.8 Å². The van der Waals surface area contributed by atoms with Crippen molar-refractivity contribution >= 4 is 52.2 Å². The van der Waals surface area contributed by atoms with E-state index in [2.05, 4.69) is 0 Å². The number of hydrogen-bond acceptors (Lipinski definition) is 5. The van der Waals surface area contributed by atoms with E-state index in [1.54, 1.807) is 0 Å². The number of thiocarbonyl (C=S) groups is 1. The molecule has 6 nitrogen and oxygen atoms in total. The topological polar surface area (TPSA) is 94.9 Å². The second kappa shape index (κ2) is 6.88. The van der Waals surface area contributed by atoms with E-state index in [0.29, 0.717) is 5.56 Å². The third kappa shape index (κ3) is 3.93. The zero-order valence-electron chi connectivity index (χ0n) is 11.4. The number of benzene rings is 1. The van der Waals surface area contributed by atoms with Gasteiger partial charge in [-0.05, 0) is 23.8 Å². The third-order valence-electron chi connectivity index (χ3n) is 2.96. The summed E-state index contributed by atoms with van der Waals surface area (Å²) < 4.78 is 12.8. The highest BCUT2D eigenvalue weighted by molar-refractivity contribution is 8.26. The lowest BCUT2D eigenvalue weighted by Gasteiger charge is -2.21. The second-order valence-electron chi connectivity index (χ2n) is 4.56. The second-order valence-corrected chi connectivity index (χ2v) is 6.23. The number of hydrogen-bond donors (Lipinski definition) is 2. The van der Waals surface area contributed by atoms with Crippen LogP contribution < -0.4 is 0 Å². The van der Waals surface area contributed by atoms with Crippen molar-refractivity contribution in [3.05, 3.63) is 40.6 Å². The number of carboxylic acid groups (broad SMARTS) is 2. The standard InChI is InChI=1S/C14H10FNO5S2/c15-8-3-1-7(2-4-8)5-10-12(19)16(14(22)23-10)9(13(20)21)6-11(17)18/h1-5,9H,6H2,(H,17,18)(H,20,21). The summed E-state index contributed by atoms with van der Waals surface area (Å²) in [5.74, 6) is -3.92. The van der Waals surface area contributed by atoms with Gasteiger partial charge in [-0.1, -0.05) is 36.1 Å². The summed E-state index contributed by atoms with van der Waals surface area (Å²) in [5.41, 5.74) is 0.539. The molecular weight excluding hydrogens is 345 g/mol. The number of carbonyl (C=O) groups is 3. The Morgan fingerprint density at radius 3 is 2.43 bits per heavy atom. The van der Waals surface area contributed by atoms with Crippen LogP contribution in [0.1, 0.15) is 12.0 Å². The van der Waals surface area contributed by atoms with Gasteiger partial charge in [0.2, 0.25) is 0 Å². The Kier molecular flexibility index (Phi) is 5.12. The number of amides is 1. The van der Waals surface area contributed by atoms with Crippen LogP contribution in [-0.2, 0) is 14.4 Å². The van der Waals surface area contributed by atoms with Gasteiger partial charge in [0.1, 0.15) is 16.2 Å². The van der Waals surface area contributed by atoms with E-state index >= 15 is 0 Å². The number of aliphatic carboxylic acids is 2. The minimum absolute atomic E-state index is 0.0305. The predicted molar refractivity (Wildman–Crippen MR) is 85.1 cm³/mol. The number of carboxylic acids is 2. The molecule has 2 rings (SSSR count). The minimum Gasteiger partial charge on any atom is -0.481 e. The van der Waals surface area contributed by atoms with Crippen LogP contribution in [0.25, 0.3) is 6.08 Å². The molecule has 1 unspecified atom stereocenters. The molecule has 1 aliphatic heterocycles. The number of carbonyl (C=O) groups excluding carboxylic acids is 1. The fourth-order valence-electron chi connectivity index (χ4n) is 1.91. The van der Waals surface area contributed by atoms with Crippen LogP contribution in [0.4, 0.5) is 4.39 Å². The lowest BCUT2D eigenvalue weighted by molar-refractivity contribution is -0.150. The van der Waals surface area contributed by atoms with Gasteiger partial charge in [0.25, 0.3) is 5.91 Å². The molecule has 1 atom stereocenters. The molecule has 23 heavy (non-hydrogen) atoms. The highest BCUT2D eigenvalue weighted by atomic mass is 32.2. The van der Waals surface area contributed by atoms with E-state index in [1.165, 1.54) is 30.3 Å². The molecule has 0 aliphatic carbocycles. The molecule has 0 saturated carbocycles. The minimum atomic E-state index is -1.57. The van der Waals surface area contributed by atoms with Gasteiger partial charge >= 0.3 is 11.9 Å². The molecule has 0 bridgehead atoms. The van der Waals surface area contributed by atoms with Crippen LogP contribution >= 0.6 is 24.0 Å². The number of nitrogens with zero attached hydrogens (tertiary/aromatic N) is 1. The molecular formula is C14H10FNO5S2. The SMILES string of the molecule is O=C(O)CC(C(=O)O)N1C(=O)C(=Cc2ccc(F)cc2)SC1=S. The summed E-state index contributed by atoms with van der Waals surface area (Å²) in [6, 6.07) is 3.77. The molecule has 1 aliphatic rings. The lowest BCUT2D eigenvalue weighted by atomic mass is 10.1. The van der Waals surface area contributed by atoms with Crippen molar-refractivity contribution in [2.45, 2.75) is 12.5 Å². The van der Waals surface area contributed by atoms with Crippen LogP contribution in [0.2, 0.25) is 0 Å². The molecule has 1 aromatic rings. The van der Waals surface area contributed by atoms with Crippen LogP contribution in [0.3, 0.4) is 0 Å². The molecule has 1 aromatic carbocycles. The van der Waals surface area contributed by atoms with Gasteiger partial charge in [-0.3, -0.25) is 14.5 Å². The Balaban J connectivity index is 2.30. The molecule has 2 N–H and O–H groups in total. The molecule has 120 valence electrons. The highest BCUT2D eigenvalue weighted by Crippen LogP contribution is 2.34. The Labute approximate surface area is 139 Å². The zero-order valence-corrected chi connectivity index (χ0v) is 13.1. The van der Waals surface area contributed by atoms with Gasteiger partial charge in [0, 0.05) is 0 Å². The van der Waals surface area contributed by atoms with Gasteiger partial charge in [-0.15, -0.1) is 0 Å². The summed E-state index contributed by atoms with van der Waals surface area (Å²) in [6.45, 7) is 0. The zero-order chi connectivity index (χ0) is 17.1. The summed E-state index contributed by atoms with van der Waals surface area (Å²) in [4.78, 5) is 35.3. The third-order valence-corrected chi connectivity index (χ3v) is 4.29. The van der Waals surface area contributed by atoms with Gasteiger partial charge in [-0.25, -0.2) is 9.18 Å². The molecule has 1 amide bonds. The Morgan fingerprint density at radius 2 is 1.91 bits per heavy atom. The van der Waals surface area contributed by atoms with Crippen LogP contribution in [-0.4, -0.2) is 43.3 Å². The van der Waals surface area contributed by atoms with Crippen molar-refractivity contribution in [2.24, 2.45) is 0 Å². The van der Waals surface area contributed by atoms with Gasteiger partial charge in [0.15, 0.2) is 0 Å². The molecule has 1 fully saturated rings. The van der Waals surface area contributed by atoms with E-state index in [1.807, 2.05) is 0 Å². The molecule has 0 spiro atoms. The number of rotatable bonds is 5. The maximum atomic E-state index is 12.9. The molecule has 1 saturated heterocycles. The average molecular weight is 355 g/mol. The van der Waals surface area contributed by atoms with Crippen LogP contribution in [0.5, 0.6) is 0 Å². The molecule has 0 radical (unpaired) electrons. The first kappa shape index (κ1) is 17.1. The van der Waals surface area contributed by atoms with Crippen molar-refractivity contribution in [1.82, 2.24) is 4.90 Å². The summed E-state index contributed by atoms with van der Waals surface area (Å²) >= 11 is 5.86. The van der Waals surface area contributed by atoms with E-state index in [0.717, 1.165) is 16.7 Å². The fourth-order valence-corrected chi connectivity index (χ4v) is 3.27. The van der Waals surface area contributed by atoms with Gasteiger partial charge in [0.05, 0.1) is 11.3 Å². The van der Waals surface area contributed by atoms with Crippen molar-refractivity contribution < 1.29 is 29.0 Å². The van der Waals surface area contributed by atoms with Crippen molar-refractivity contribution in [3.8, 4) is 0 Å². The maximum Gasteiger partial charge on any atom is 0.327 e. The Bertz CT molecular complexity index is 716. The van der Waals surface area contributed by atoms with E-state index in [4.69, 9.17) is 22.4 Å². The number of thioether (sulfide) groups is 1. The quantitative estimate of drug-likeness (QED) is 0.616. The first-order valence-corrected chi connectivity index (χ1v) is 7.49. The Morgan fingerprint density at radius 1 is 1.30 bits per heavy atom. The predicted octanol–water partition coefficient (Wildman–Crippen LogP) is 1.95. The number of halogens is 1. The molecule has 9 heteroatoms. The van der Waals surface area contributed by atoms with Gasteiger partial charge < -0.3 is 10.2 Å². The lowest BCUT2D eigenvalue weighted by Crippen LogP contribution is -2.45. The van der Waals surface area contributed by atoms with Crippen molar-refractivity contribution in [1.29, 1.82) is 0 Å². The highest BCUT2D eigenvalue weighted by Gasteiger charge is 2.41. The molecule has 1 heterocycles. The van der Waals surface area contributed by atoms with E-state index < -0.39 is 36.1 Å². The van der Waals surface area contributed by atoms with Crippen molar-refractivity contribution in [2.75, 3.05) is 0 Å². The molecule has 0 aromatic heterocycles. The maximum absolute atomic E-state index is 12.9. The monoisotopic (exact) mass is 355 g/mol. The summed E-state index contributed by atoms with van der Waals surface area (Å²) in [6.07, 6.45) is 0.685. The summed E-state index contributed by atoms with van der Waals surface area (Å²) in [7, 11) is 0. The van der Waals surface area contributed by atoms with Crippen LogP contribution in [0, 0.1) is 5.82 Å².